The van der Waals surface area contributed by atoms with E-state index < -0.39 is 12.4 Å². The molecule has 0 atom stereocenters. The van der Waals surface area contributed by atoms with Crippen molar-refractivity contribution in [2.75, 3.05) is 0 Å². The summed E-state index contributed by atoms with van der Waals surface area (Å²) in [6, 6.07) is 5.53. The summed E-state index contributed by atoms with van der Waals surface area (Å²) < 4.78 is 28.1. The number of benzene rings is 1. The van der Waals surface area contributed by atoms with Crippen LogP contribution in [0.4, 0.5) is 8.78 Å². The predicted octanol–water partition coefficient (Wildman–Crippen LogP) is 1.65. The van der Waals surface area contributed by atoms with E-state index in [0.717, 1.165) is 12.1 Å². The Kier molecular flexibility index (Phi) is 3.05. The van der Waals surface area contributed by atoms with E-state index in [9.17, 15) is 13.9 Å². The van der Waals surface area contributed by atoms with E-state index >= 15 is 0 Å². The predicted molar refractivity (Wildman–Crippen MR) is 54.8 cm³/mol. The number of phenols is 1. The minimum atomic E-state index is -3.02. The van der Waals surface area contributed by atoms with E-state index in [0.29, 0.717) is 5.56 Å². The maximum atomic E-state index is 12.0. The number of ether oxygens (including phenoxy) is 1. The fourth-order valence-corrected chi connectivity index (χ4v) is 1.37. The number of aromatic amines is 1. The normalized spacial score (nSPS) is 10.3. The molecule has 0 saturated heterocycles. The molecule has 1 aromatic carbocycles. The molecule has 92 valence electrons. The van der Waals surface area contributed by atoms with Crippen molar-refractivity contribution in [1.82, 2.24) is 15.4 Å². The number of phenolic OH excluding ortho intramolecular Hbond substituents is 1. The van der Waals surface area contributed by atoms with Gasteiger partial charge in [0.1, 0.15) is 11.8 Å². The average Bonchev–Trinajstić information content (AvgIpc) is 2.79. The van der Waals surface area contributed by atoms with Crippen LogP contribution in [0.5, 0.6) is 11.5 Å². The number of aromatic nitrogens is 3. The first-order valence-corrected chi connectivity index (χ1v) is 4.71. The van der Waals surface area contributed by atoms with Crippen molar-refractivity contribution >= 4 is 0 Å². The number of nitrogens with one attached hydrogen (secondary N) is 1. The molecule has 2 N–H and O–H groups in total. The second-order valence-electron chi connectivity index (χ2n) is 3.21. The van der Waals surface area contributed by atoms with Gasteiger partial charge in [-0.2, -0.15) is 14.0 Å². The Balaban J connectivity index is 2.38. The molecule has 0 radical (unpaired) electrons. The molecule has 0 saturated carbocycles. The highest BCUT2D eigenvalue weighted by molar-refractivity contribution is 5.67. The lowest BCUT2D eigenvalue weighted by Crippen LogP contribution is -2.01. The second-order valence-corrected chi connectivity index (χ2v) is 3.21. The fourth-order valence-electron chi connectivity index (χ4n) is 1.37. The number of halogens is 2. The van der Waals surface area contributed by atoms with E-state index in [1.54, 1.807) is 0 Å². The molecule has 0 unspecified atom stereocenters. The van der Waals surface area contributed by atoms with Crippen LogP contribution in [0, 0.1) is 11.3 Å². The van der Waals surface area contributed by atoms with Crippen molar-refractivity contribution < 1.29 is 18.6 Å². The molecule has 6 nitrogen and oxygen atoms in total. The molecule has 0 aliphatic heterocycles. The second kappa shape index (κ2) is 4.67. The molecule has 1 heterocycles. The Labute approximate surface area is 99.4 Å². The van der Waals surface area contributed by atoms with Gasteiger partial charge in [0, 0.05) is 5.56 Å². The van der Waals surface area contributed by atoms with Crippen LogP contribution in [0.2, 0.25) is 0 Å². The Morgan fingerprint density at radius 2 is 2.22 bits per heavy atom. The van der Waals surface area contributed by atoms with Gasteiger partial charge in [-0.15, -0.1) is 5.10 Å². The van der Waals surface area contributed by atoms with Crippen LogP contribution in [0.1, 0.15) is 5.69 Å². The number of hydrogen-bond donors (Lipinski definition) is 2. The van der Waals surface area contributed by atoms with Gasteiger partial charge in [-0.3, -0.25) is 0 Å². The van der Waals surface area contributed by atoms with Crippen molar-refractivity contribution in [3.8, 4) is 28.8 Å². The van der Waals surface area contributed by atoms with Crippen LogP contribution in [-0.4, -0.2) is 27.1 Å². The molecule has 0 spiro atoms. The number of H-pyrrole nitrogens is 1. The van der Waals surface area contributed by atoms with Crippen molar-refractivity contribution in [3.05, 3.63) is 23.9 Å². The first-order valence-electron chi connectivity index (χ1n) is 4.71. The summed E-state index contributed by atoms with van der Waals surface area (Å²) in [5.41, 5.74) is 0.688. The number of nitriles is 1. The highest BCUT2D eigenvalue weighted by Gasteiger charge is 2.14. The van der Waals surface area contributed by atoms with Gasteiger partial charge in [-0.05, 0) is 18.2 Å². The van der Waals surface area contributed by atoms with Gasteiger partial charge >= 0.3 is 6.61 Å². The third-order valence-corrected chi connectivity index (χ3v) is 2.11. The summed E-state index contributed by atoms with van der Waals surface area (Å²) in [7, 11) is 0. The lowest BCUT2D eigenvalue weighted by molar-refractivity contribution is -0.0512. The number of aromatic hydroxyl groups is 1. The zero-order valence-corrected chi connectivity index (χ0v) is 8.76. The molecular formula is C10H6F2N4O2. The molecule has 2 aromatic rings. The van der Waals surface area contributed by atoms with E-state index in [1.165, 1.54) is 6.07 Å². The Morgan fingerprint density at radius 3 is 2.83 bits per heavy atom. The molecule has 0 aliphatic carbocycles. The van der Waals surface area contributed by atoms with E-state index in [-0.39, 0.29) is 17.1 Å². The largest absolute Gasteiger partial charge is 0.504 e. The van der Waals surface area contributed by atoms with Gasteiger partial charge in [-0.25, -0.2) is 5.10 Å². The first-order chi connectivity index (χ1) is 8.61. The highest BCUT2D eigenvalue weighted by atomic mass is 19.3. The van der Waals surface area contributed by atoms with Gasteiger partial charge in [0.15, 0.2) is 17.2 Å². The summed E-state index contributed by atoms with van der Waals surface area (Å²) in [5, 5.41) is 27.7. The molecular weight excluding hydrogens is 246 g/mol. The van der Waals surface area contributed by atoms with Gasteiger partial charge in [-0.1, -0.05) is 5.21 Å². The number of nitrogens with zero attached hydrogens (tertiary/aromatic N) is 3. The summed E-state index contributed by atoms with van der Waals surface area (Å²) >= 11 is 0. The summed E-state index contributed by atoms with van der Waals surface area (Å²) in [6.45, 7) is -3.02. The van der Waals surface area contributed by atoms with Crippen molar-refractivity contribution in [3.63, 3.8) is 0 Å². The van der Waals surface area contributed by atoms with Crippen LogP contribution >= 0.6 is 0 Å². The smallest absolute Gasteiger partial charge is 0.387 e. The van der Waals surface area contributed by atoms with E-state index in [4.69, 9.17) is 5.26 Å². The topological polar surface area (TPSA) is 94.8 Å². The fraction of sp³-hybridized carbons (Fsp3) is 0.100. The molecule has 0 bridgehead atoms. The van der Waals surface area contributed by atoms with Gasteiger partial charge in [0.2, 0.25) is 0 Å². The van der Waals surface area contributed by atoms with Crippen LogP contribution in [0.25, 0.3) is 11.3 Å². The standard InChI is InChI=1S/C10H6F2N4O2/c11-10(12)18-8-2-1-5(3-7(8)17)9-6(4-13)14-16-15-9/h1-3,10,17H,(H,14,15,16). The number of rotatable bonds is 3. The molecule has 0 fully saturated rings. The summed E-state index contributed by atoms with van der Waals surface area (Å²) in [5.74, 6) is -0.824. The Bertz CT molecular complexity index is 606. The third kappa shape index (κ3) is 2.20. The van der Waals surface area contributed by atoms with Crippen LogP contribution < -0.4 is 4.74 Å². The summed E-state index contributed by atoms with van der Waals surface area (Å²) in [6.07, 6.45) is 0. The van der Waals surface area contributed by atoms with Gasteiger partial charge in [0.05, 0.1) is 0 Å². The van der Waals surface area contributed by atoms with Gasteiger partial charge < -0.3 is 9.84 Å². The Hall–Kier alpha value is -2.69. The lowest BCUT2D eigenvalue weighted by atomic mass is 10.1. The van der Waals surface area contributed by atoms with Crippen molar-refractivity contribution in [1.29, 1.82) is 5.26 Å². The highest BCUT2D eigenvalue weighted by Crippen LogP contribution is 2.32. The van der Waals surface area contributed by atoms with Crippen molar-refractivity contribution in [2.24, 2.45) is 0 Å². The maximum absolute atomic E-state index is 12.0. The molecule has 2 rings (SSSR count). The molecule has 18 heavy (non-hydrogen) atoms. The monoisotopic (exact) mass is 252 g/mol. The van der Waals surface area contributed by atoms with E-state index in [1.807, 2.05) is 6.07 Å². The van der Waals surface area contributed by atoms with Crippen molar-refractivity contribution in [2.45, 2.75) is 6.61 Å². The zero-order valence-electron chi connectivity index (χ0n) is 8.76. The summed E-state index contributed by atoms with van der Waals surface area (Å²) in [4.78, 5) is 0. The number of alkyl halides is 2. The van der Waals surface area contributed by atoms with Crippen LogP contribution in [0.3, 0.4) is 0 Å². The quantitative estimate of drug-likeness (QED) is 0.865. The zero-order chi connectivity index (χ0) is 13.1. The molecule has 8 heteroatoms. The van der Waals surface area contributed by atoms with E-state index in [2.05, 4.69) is 20.1 Å². The molecule has 0 amide bonds. The minimum absolute atomic E-state index is 0.108. The number of hydrogen-bond acceptors (Lipinski definition) is 5. The molecule has 1 aromatic heterocycles. The first kappa shape index (κ1) is 11.8. The minimum Gasteiger partial charge on any atom is -0.504 e. The third-order valence-electron chi connectivity index (χ3n) is 2.11. The molecule has 0 aliphatic rings. The lowest BCUT2D eigenvalue weighted by Gasteiger charge is -2.07. The van der Waals surface area contributed by atoms with Crippen LogP contribution in [-0.2, 0) is 0 Å². The van der Waals surface area contributed by atoms with Crippen LogP contribution in [0.15, 0.2) is 18.2 Å². The average molecular weight is 252 g/mol. The Morgan fingerprint density at radius 1 is 1.44 bits per heavy atom. The SMILES string of the molecule is N#Cc1[nH]nnc1-c1ccc(OC(F)F)c(O)c1. The maximum Gasteiger partial charge on any atom is 0.387 e. The van der Waals surface area contributed by atoms with Gasteiger partial charge in [0.25, 0.3) is 0 Å².